The Morgan fingerprint density at radius 2 is 1.63 bits per heavy atom. The molecule has 19 heavy (non-hydrogen) atoms. The van der Waals surface area contributed by atoms with Gasteiger partial charge in [0.25, 0.3) is 0 Å². The van der Waals surface area contributed by atoms with Gasteiger partial charge in [-0.3, -0.25) is 0 Å². The molecule has 0 saturated heterocycles. The molecule has 102 valence electrons. The van der Waals surface area contributed by atoms with Crippen LogP contribution >= 0.6 is 11.3 Å². The largest absolute Gasteiger partial charge is 0.302 e. The van der Waals surface area contributed by atoms with Gasteiger partial charge in [0.2, 0.25) is 0 Å². The second-order valence-electron chi connectivity index (χ2n) is 5.20. The Labute approximate surface area is 119 Å². The number of aryl methyl sites for hydroxylation is 3. The lowest BCUT2D eigenvalue weighted by atomic mass is 10.1. The van der Waals surface area contributed by atoms with E-state index < -0.39 is 0 Å². The number of benzene rings is 1. The zero-order chi connectivity index (χ0) is 14.0. The van der Waals surface area contributed by atoms with E-state index in [9.17, 15) is 0 Å². The highest BCUT2D eigenvalue weighted by Crippen LogP contribution is 2.25. The summed E-state index contributed by atoms with van der Waals surface area (Å²) in [5.74, 6) is 0. The Balaban J connectivity index is 2.08. The van der Waals surface area contributed by atoms with Gasteiger partial charge in [-0.15, -0.1) is 11.3 Å². The van der Waals surface area contributed by atoms with E-state index in [2.05, 4.69) is 69.2 Å². The molecule has 2 atom stereocenters. The molecule has 0 amide bonds. The van der Waals surface area contributed by atoms with Crippen molar-refractivity contribution in [3.8, 4) is 0 Å². The maximum absolute atomic E-state index is 4.63. The van der Waals surface area contributed by atoms with Gasteiger partial charge in [-0.05, 0) is 40.2 Å². The van der Waals surface area contributed by atoms with Crippen LogP contribution in [0.15, 0.2) is 24.3 Å². The van der Waals surface area contributed by atoms with E-state index in [1.165, 1.54) is 21.7 Å². The first-order valence-corrected chi connectivity index (χ1v) is 7.55. The number of hydrogen-bond acceptors (Lipinski definition) is 3. The van der Waals surface area contributed by atoms with Gasteiger partial charge in [0, 0.05) is 17.0 Å². The highest BCUT2D eigenvalue weighted by Gasteiger charge is 2.15. The molecular weight excluding hydrogens is 252 g/mol. The van der Waals surface area contributed by atoms with E-state index in [-0.39, 0.29) is 6.04 Å². The highest BCUT2D eigenvalue weighted by molar-refractivity contribution is 7.11. The van der Waals surface area contributed by atoms with Gasteiger partial charge in [0.15, 0.2) is 0 Å². The van der Waals surface area contributed by atoms with E-state index >= 15 is 0 Å². The summed E-state index contributed by atoms with van der Waals surface area (Å²) in [5, 5.41) is 4.77. The molecule has 3 heteroatoms. The number of rotatable bonds is 4. The van der Waals surface area contributed by atoms with E-state index in [1.807, 2.05) is 0 Å². The summed E-state index contributed by atoms with van der Waals surface area (Å²) in [6.45, 7) is 10.7. The number of nitrogens with zero attached hydrogens (tertiary/aromatic N) is 1. The first kappa shape index (κ1) is 14.2. The number of nitrogens with one attached hydrogen (secondary N) is 1. The minimum absolute atomic E-state index is 0.279. The van der Waals surface area contributed by atoms with Crippen molar-refractivity contribution in [2.24, 2.45) is 0 Å². The topological polar surface area (TPSA) is 24.9 Å². The first-order chi connectivity index (χ1) is 8.97. The van der Waals surface area contributed by atoms with E-state index in [0.717, 1.165) is 5.01 Å². The van der Waals surface area contributed by atoms with Gasteiger partial charge in [-0.25, -0.2) is 4.98 Å². The molecule has 0 fully saturated rings. The Kier molecular flexibility index (Phi) is 4.38. The third kappa shape index (κ3) is 3.43. The number of aromatic nitrogens is 1. The van der Waals surface area contributed by atoms with Crippen LogP contribution in [0.5, 0.6) is 0 Å². The van der Waals surface area contributed by atoms with Gasteiger partial charge in [0.1, 0.15) is 0 Å². The molecule has 1 aromatic carbocycles. The van der Waals surface area contributed by atoms with Crippen LogP contribution in [0.3, 0.4) is 0 Å². The Bertz CT molecular complexity index is 542. The lowest BCUT2D eigenvalue weighted by molar-refractivity contribution is 0.486. The van der Waals surface area contributed by atoms with Crippen LogP contribution in [0.25, 0.3) is 0 Å². The molecular formula is C16H22N2S. The maximum Gasteiger partial charge on any atom is 0.0900 e. The fraction of sp³-hybridized carbons (Fsp3) is 0.438. The van der Waals surface area contributed by atoms with Crippen molar-refractivity contribution in [1.29, 1.82) is 0 Å². The number of thiazole rings is 1. The fourth-order valence-electron chi connectivity index (χ4n) is 2.35. The zero-order valence-corrected chi connectivity index (χ0v) is 13.1. The average molecular weight is 274 g/mol. The molecule has 0 aliphatic rings. The van der Waals surface area contributed by atoms with Gasteiger partial charge >= 0.3 is 0 Å². The van der Waals surface area contributed by atoms with Crippen molar-refractivity contribution >= 4 is 11.3 Å². The van der Waals surface area contributed by atoms with E-state index in [4.69, 9.17) is 0 Å². The quantitative estimate of drug-likeness (QED) is 0.889. The van der Waals surface area contributed by atoms with Crippen LogP contribution in [0.2, 0.25) is 0 Å². The van der Waals surface area contributed by atoms with Crippen molar-refractivity contribution in [1.82, 2.24) is 10.3 Å². The third-order valence-corrected chi connectivity index (χ3v) is 4.33. The second-order valence-corrected chi connectivity index (χ2v) is 6.60. The SMILES string of the molecule is Cc1ccc(C(C)NC(C)c2nc(C)sc2C)cc1. The van der Waals surface area contributed by atoms with Gasteiger partial charge in [0.05, 0.1) is 10.7 Å². The van der Waals surface area contributed by atoms with Crippen LogP contribution in [0.1, 0.15) is 52.6 Å². The Hall–Kier alpha value is -1.19. The van der Waals surface area contributed by atoms with Crippen LogP contribution in [0.4, 0.5) is 0 Å². The lowest BCUT2D eigenvalue weighted by Gasteiger charge is -2.20. The van der Waals surface area contributed by atoms with Gasteiger partial charge < -0.3 is 5.32 Å². The molecule has 1 N–H and O–H groups in total. The summed E-state index contributed by atoms with van der Waals surface area (Å²) in [6.07, 6.45) is 0. The minimum Gasteiger partial charge on any atom is -0.302 e. The molecule has 2 rings (SSSR count). The summed E-state index contributed by atoms with van der Waals surface area (Å²) in [6, 6.07) is 9.32. The maximum atomic E-state index is 4.63. The van der Waals surface area contributed by atoms with Gasteiger partial charge in [-0.2, -0.15) is 0 Å². The predicted octanol–water partition coefficient (Wildman–Crippen LogP) is 4.48. The second kappa shape index (κ2) is 5.85. The minimum atomic E-state index is 0.279. The molecule has 0 radical (unpaired) electrons. The van der Waals surface area contributed by atoms with Crippen molar-refractivity contribution in [3.63, 3.8) is 0 Å². The standard InChI is InChI=1S/C16H22N2S/c1-10-6-8-15(9-7-10)11(2)17-12(3)16-13(4)19-14(5)18-16/h6-9,11-12,17H,1-5H3. The normalized spacial score (nSPS) is 14.4. The van der Waals surface area contributed by atoms with Crippen molar-refractivity contribution < 1.29 is 0 Å². The monoisotopic (exact) mass is 274 g/mol. The molecule has 1 aromatic heterocycles. The molecule has 2 aromatic rings. The van der Waals surface area contributed by atoms with Crippen LogP contribution in [-0.4, -0.2) is 4.98 Å². The molecule has 2 nitrogen and oxygen atoms in total. The molecule has 2 unspecified atom stereocenters. The molecule has 0 aliphatic carbocycles. The Morgan fingerprint density at radius 3 is 2.16 bits per heavy atom. The summed E-state index contributed by atoms with van der Waals surface area (Å²) in [7, 11) is 0. The zero-order valence-electron chi connectivity index (χ0n) is 12.3. The van der Waals surface area contributed by atoms with Crippen LogP contribution in [0, 0.1) is 20.8 Å². The van der Waals surface area contributed by atoms with Crippen molar-refractivity contribution in [2.45, 2.75) is 46.7 Å². The molecule has 1 heterocycles. The summed E-state index contributed by atoms with van der Waals surface area (Å²) in [4.78, 5) is 5.94. The van der Waals surface area contributed by atoms with E-state index in [0.29, 0.717) is 6.04 Å². The summed E-state index contributed by atoms with van der Waals surface area (Å²) < 4.78 is 0. The third-order valence-electron chi connectivity index (χ3n) is 3.43. The molecule has 0 spiro atoms. The van der Waals surface area contributed by atoms with Crippen LogP contribution < -0.4 is 5.32 Å². The average Bonchev–Trinajstić information content (AvgIpc) is 2.69. The first-order valence-electron chi connectivity index (χ1n) is 6.74. The lowest BCUT2D eigenvalue weighted by Crippen LogP contribution is -2.23. The van der Waals surface area contributed by atoms with Crippen molar-refractivity contribution in [3.05, 3.63) is 51.0 Å². The summed E-state index contributed by atoms with van der Waals surface area (Å²) in [5.41, 5.74) is 3.80. The number of hydrogen-bond donors (Lipinski definition) is 1. The molecule has 0 aliphatic heterocycles. The molecule has 0 bridgehead atoms. The van der Waals surface area contributed by atoms with Gasteiger partial charge in [-0.1, -0.05) is 29.8 Å². The van der Waals surface area contributed by atoms with E-state index in [1.54, 1.807) is 11.3 Å². The summed E-state index contributed by atoms with van der Waals surface area (Å²) >= 11 is 1.77. The highest BCUT2D eigenvalue weighted by atomic mass is 32.1. The van der Waals surface area contributed by atoms with Crippen LogP contribution in [-0.2, 0) is 0 Å². The van der Waals surface area contributed by atoms with Crippen molar-refractivity contribution in [2.75, 3.05) is 0 Å². The smallest absolute Gasteiger partial charge is 0.0900 e. The Morgan fingerprint density at radius 1 is 1.00 bits per heavy atom. The predicted molar refractivity (Wildman–Crippen MR) is 82.7 cm³/mol. The fourth-order valence-corrected chi connectivity index (χ4v) is 3.27. The molecule has 0 saturated carbocycles.